The highest BCUT2D eigenvalue weighted by molar-refractivity contribution is 5.74. The van der Waals surface area contributed by atoms with Crippen molar-refractivity contribution in [1.29, 1.82) is 0 Å². The number of fused-ring (bicyclic) bond motifs is 2. The molecule has 0 spiro atoms. The van der Waals surface area contributed by atoms with E-state index < -0.39 is 0 Å². The summed E-state index contributed by atoms with van der Waals surface area (Å²) in [6.45, 7) is 4.44. The van der Waals surface area contributed by atoms with Gasteiger partial charge in [0.25, 0.3) is 0 Å². The summed E-state index contributed by atoms with van der Waals surface area (Å²) >= 11 is 0. The smallest absolute Gasteiger partial charge is 0.0118 e. The number of aryl methyl sites for hydroxylation is 3. The zero-order chi connectivity index (χ0) is 15.1. The molecular weight excluding hydrogens is 264 g/mol. The normalized spacial score (nSPS) is 20.5. The summed E-state index contributed by atoms with van der Waals surface area (Å²) in [5, 5.41) is 0. The summed E-state index contributed by atoms with van der Waals surface area (Å²) in [6, 6.07) is 16.1. The van der Waals surface area contributed by atoms with Gasteiger partial charge in [0.2, 0.25) is 0 Å². The molecule has 2 aliphatic carbocycles. The predicted octanol–water partition coefficient (Wildman–Crippen LogP) is 5.97. The predicted molar refractivity (Wildman–Crippen MR) is 94.2 cm³/mol. The van der Waals surface area contributed by atoms with Crippen LogP contribution in [-0.4, -0.2) is 0 Å². The van der Waals surface area contributed by atoms with Gasteiger partial charge in [0.15, 0.2) is 0 Å². The Morgan fingerprint density at radius 2 is 1.64 bits per heavy atom. The van der Waals surface area contributed by atoms with Crippen LogP contribution < -0.4 is 0 Å². The summed E-state index contributed by atoms with van der Waals surface area (Å²) in [7, 11) is 0. The molecule has 0 radical (unpaired) electrons. The Labute approximate surface area is 133 Å². The van der Waals surface area contributed by atoms with E-state index in [9.17, 15) is 0 Å². The lowest BCUT2D eigenvalue weighted by Gasteiger charge is -2.32. The first-order chi connectivity index (χ1) is 10.7. The first kappa shape index (κ1) is 13.8. The number of allylic oxidation sites excluding steroid dienone is 2. The first-order valence-electron chi connectivity index (χ1n) is 8.58. The molecule has 2 aromatic rings. The Balaban J connectivity index is 1.70. The average Bonchev–Trinajstić information content (AvgIpc) is 2.53. The van der Waals surface area contributed by atoms with Crippen molar-refractivity contribution in [2.45, 2.75) is 51.9 Å². The molecule has 22 heavy (non-hydrogen) atoms. The van der Waals surface area contributed by atoms with Gasteiger partial charge in [-0.15, -0.1) is 0 Å². The average molecular weight is 288 g/mol. The minimum Gasteiger partial charge on any atom is -0.0660 e. The Bertz CT molecular complexity index is 728. The van der Waals surface area contributed by atoms with E-state index >= 15 is 0 Å². The van der Waals surface area contributed by atoms with Gasteiger partial charge in [-0.05, 0) is 74.1 Å². The highest BCUT2D eigenvalue weighted by Crippen LogP contribution is 2.45. The minimum atomic E-state index is 0.698. The summed E-state index contributed by atoms with van der Waals surface area (Å²) in [4.78, 5) is 0. The highest BCUT2D eigenvalue weighted by Gasteiger charge is 2.26. The molecule has 0 saturated carbocycles. The second kappa shape index (κ2) is 5.43. The zero-order valence-corrected chi connectivity index (χ0v) is 13.7. The zero-order valence-electron chi connectivity index (χ0n) is 13.7. The molecule has 2 aliphatic rings. The van der Waals surface area contributed by atoms with Gasteiger partial charge >= 0.3 is 0 Å². The quantitative estimate of drug-likeness (QED) is 0.606. The maximum absolute atomic E-state index is 2.40. The van der Waals surface area contributed by atoms with Crippen molar-refractivity contribution < 1.29 is 0 Å². The van der Waals surface area contributed by atoms with Crippen molar-refractivity contribution in [3.8, 4) is 0 Å². The van der Waals surface area contributed by atoms with Crippen LogP contribution in [0.4, 0.5) is 0 Å². The van der Waals surface area contributed by atoms with Gasteiger partial charge < -0.3 is 0 Å². The van der Waals surface area contributed by atoms with E-state index in [1.54, 1.807) is 22.3 Å². The van der Waals surface area contributed by atoms with Gasteiger partial charge in [0, 0.05) is 0 Å². The minimum absolute atomic E-state index is 0.698. The molecule has 1 atom stereocenters. The molecule has 112 valence electrons. The third kappa shape index (κ3) is 2.41. The fourth-order valence-electron chi connectivity index (χ4n) is 4.42. The lowest BCUT2D eigenvalue weighted by molar-refractivity contribution is 0.590. The maximum Gasteiger partial charge on any atom is -0.0118 e. The fraction of sp³-hybridized carbons (Fsp3) is 0.364. The molecule has 1 unspecified atom stereocenters. The summed E-state index contributed by atoms with van der Waals surface area (Å²) in [6.07, 6.45) is 6.37. The van der Waals surface area contributed by atoms with Gasteiger partial charge in [-0.2, -0.15) is 0 Å². The lowest BCUT2D eigenvalue weighted by atomic mass is 9.73. The summed E-state index contributed by atoms with van der Waals surface area (Å²) in [5.74, 6) is 0.698. The fourth-order valence-corrected chi connectivity index (χ4v) is 4.42. The largest absolute Gasteiger partial charge is 0.0660 e. The van der Waals surface area contributed by atoms with Crippen LogP contribution in [0.2, 0.25) is 0 Å². The van der Waals surface area contributed by atoms with E-state index in [0.717, 1.165) is 0 Å². The molecule has 0 fully saturated rings. The standard InChI is InChI=1S/C22H24/c1-15-11-16(2)13-20(12-15)19-10-9-18-8-7-17-5-3-4-6-21(17)22(18)14-19/h3-6,11-13,19H,7-10,14H2,1-2H3. The van der Waals surface area contributed by atoms with Crippen molar-refractivity contribution in [3.63, 3.8) is 0 Å². The van der Waals surface area contributed by atoms with E-state index in [1.165, 1.54) is 48.8 Å². The van der Waals surface area contributed by atoms with Crippen LogP contribution in [0.5, 0.6) is 0 Å². The van der Waals surface area contributed by atoms with Gasteiger partial charge in [0.1, 0.15) is 0 Å². The van der Waals surface area contributed by atoms with Gasteiger partial charge in [-0.25, -0.2) is 0 Å². The number of benzene rings is 2. The van der Waals surface area contributed by atoms with Gasteiger partial charge in [-0.1, -0.05) is 59.2 Å². The third-order valence-electron chi connectivity index (χ3n) is 5.43. The second-order valence-electron chi connectivity index (χ2n) is 7.10. The number of rotatable bonds is 1. The Morgan fingerprint density at radius 3 is 2.45 bits per heavy atom. The topological polar surface area (TPSA) is 0 Å². The van der Waals surface area contributed by atoms with E-state index in [2.05, 4.69) is 56.3 Å². The molecule has 0 saturated heterocycles. The third-order valence-corrected chi connectivity index (χ3v) is 5.43. The van der Waals surface area contributed by atoms with Gasteiger partial charge in [0.05, 0.1) is 0 Å². The van der Waals surface area contributed by atoms with Crippen LogP contribution in [-0.2, 0) is 6.42 Å². The monoisotopic (exact) mass is 288 g/mol. The Morgan fingerprint density at radius 1 is 0.864 bits per heavy atom. The van der Waals surface area contributed by atoms with E-state index in [0.29, 0.717) is 5.92 Å². The SMILES string of the molecule is Cc1cc(C)cc(C2CCC3=C(C2)c2ccccc2CC3)c1. The van der Waals surface area contributed by atoms with Crippen LogP contribution >= 0.6 is 0 Å². The first-order valence-corrected chi connectivity index (χ1v) is 8.58. The number of hydrogen-bond acceptors (Lipinski definition) is 0. The maximum atomic E-state index is 2.40. The lowest BCUT2D eigenvalue weighted by Crippen LogP contribution is -2.14. The van der Waals surface area contributed by atoms with E-state index in [-0.39, 0.29) is 0 Å². The van der Waals surface area contributed by atoms with Crippen LogP contribution in [0, 0.1) is 13.8 Å². The molecule has 0 heterocycles. The number of hydrogen-bond donors (Lipinski definition) is 0. The molecular formula is C22H24. The molecule has 0 heteroatoms. The van der Waals surface area contributed by atoms with Crippen molar-refractivity contribution in [1.82, 2.24) is 0 Å². The van der Waals surface area contributed by atoms with Crippen molar-refractivity contribution in [3.05, 3.63) is 75.9 Å². The van der Waals surface area contributed by atoms with E-state index in [1.807, 2.05) is 0 Å². The van der Waals surface area contributed by atoms with Crippen molar-refractivity contribution in [2.24, 2.45) is 0 Å². The van der Waals surface area contributed by atoms with Crippen LogP contribution in [0.1, 0.15) is 59.4 Å². The molecule has 0 amide bonds. The Kier molecular flexibility index (Phi) is 3.41. The van der Waals surface area contributed by atoms with Crippen molar-refractivity contribution >= 4 is 5.57 Å². The molecule has 0 nitrogen and oxygen atoms in total. The van der Waals surface area contributed by atoms with Gasteiger partial charge in [-0.3, -0.25) is 0 Å². The molecule has 2 aromatic carbocycles. The second-order valence-corrected chi connectivity index (χ2v) is 7.10. The van der Waals surface area contributed by atoms with Crippen LogP contribution in [0.3, 0.4) is 0 Å². The highest BCUT2D eigenvalue weighted by atomic mass is 14.3. The molecule has 0 N–H and O–H groups in total. The molecule has 0 aliphatic heterocycles. The molecule has 0 bridgehead atoms. The van der Waals surface area contributed by atoms with Crippen LogP contribution in [0.15, 0.2) is 48.0 Å². The summed E-state index contributed by atoms with van der Waals surface area (Å²) < 4.78 is 0. The molecule has 4 rings (SSSR count). The Hall–Kier alpha value is -1.82. The molecule has 0 aromatic heterocycles. The van der Waals surface area contributed by atoms with Crippen molar-refractivity contribution in [2.75, 3.05) is 0 Å². The van der Waals surface area contributed by atoms with Crippen LogP contribution in [0.25, 0.3) is 5.57 Å². The summed E-state index contributed by atoms with van der Waals surface area (Å²) in [5.41, 5.74) is 10.8. The van der Waals surface area contributed by atoms with E-state index in [4.69, 9.17) is 0 Å².